The SMILES string of the molecule is CCCN(Cc1ccc(C#N)cc1)C(=O)C1CCCC1N. The molecule has 0 aliphatic heterocycles. The number of carbonyl (C=O) groups excluding carboxylic acids is 1. The molecule has 112 valence electrons. The summed E-state index contributed by atoms with van der Waals surface area (Å²) in [4.78, 5) is 14.6. The Kier molecular flexibility index (Phi) is 5.35. The second kappa shape index (κ2) is 7.24. The highest BCUT2D eigenvalue weighted by Crippen LogP contribution is 2.26. The highest BCUT2D eigenvalue weighted by Gasteiger charge is 2.33. The van der Waals surface area contributed by atoms with E-state index >= 15 is 0 Å². The van der Waals surface area contributed by atoms with Crippen molar-refractivity contribution in [1.82, 2.24) is 4.90 Å². The Bertz CT molecular complexity index is 518. The predicted molar refractivity (Wildman–Crippen MR) is 82.2 cm³/mol. The Morgan fingerprint density at radius 2 is 2.10 bits per heavy atom. The molecule has 1 saturated carbocycles. The van der Waals surface area contributed by atoms with Gasteiger partial charge in [0.2, 0.25) is 5.91 Å². The van der Waals surface area contributed by atoms with Crippen LogP contribution >= 0.6 is 0 Å². The molecule has 2 unspecified atom stereocenters. The van der Waals surface area contributed by atoms with E-state index in [1.54, 1.807) is 12.1 Å². The second-order valence-electron chi connectivity index (χ2n) is 5.77. The first kappa shape index (κ1) is 15.5. The smallest absolute Gasteiger partial charge is 0.227 e. The van der Waals surface area contributed by atoms with Gasteiger partial charge in [0.25, 0.3) is 0 Å². The minimum Gasteiger partial charge on any atom is -0.338 e. The van der Waals surface area contributed by atoms with Crippen LogP contribution in [0.3, 0.4) is 0 Å². The number of benzene rings is 1. The predicted octanol–water partition coefficient (Wildman–Crippen LogP) is 2.42. The maximum atomic E-state index is 12.7. The Morgan fingerprint density at radius 1 is 1.38 bits per heavy atom. The Labute approximate surface area is 126 Å². The fourth-order valence-electron chi connectivity index (χ4n) is 2.97. The van der Waals surface area contributed by atoms with Crippen LogP contribution in [0.15, 0.2) is 24.3 Å². The van der Waals surface area contributed by atoms with E-state index in [1.165, 1.54) is 0 Å². The average molecular weight is 285 g/mol. The molecule has 2 atom stereocenters. The lowest BCUT2D eigenvalue weighted by atomic mass is 10.0. The number of hydrogen-bond acceptors (Lipinski definition) is 3. The quantitative estimate of drug-likeness (QED) is 0.903. The third-order valence-electron chi connectivity index (χ3n) is 4.15. The summed E-state index contributed by atoms with van der Waals surface area (Å²) in [5.41, 5.74) is 7.76. The summed E-state index contributed by atoms with van der Waals surface area (Å²) in [6.07, 6.45) is 3.85. The van der Waals surface area contributed by atoms with Crippen molar-refractivity contribution in [2.75, 3.05) is 6.54 Å². The number of hydrogen-bond donors (Lipinski definition) is 1. The first-order valence-corrected chi connectivity index (χ1v) is 7.69. The molecule has 0 spiro atoms. The van der Waals surface area contributed by atoms with Crippen molar-refractivity contribution in [2.24, 2.45) is 11.7 Å². The van der Waals surface area contributed by atoms with Gasteiger partial charge in [-0.15, -0.1) is 0 Å². The third-order valence-corrected chi connectivity index (χ3v) is 4.15. The van der Waals surface area contributed by atoms with E-state index in [0.717, 1.165) is 37.8 Å². The van der Waals surface area contributed by atoms with Crippen molar-refractivity contribution in [2.45, 2.75) is 45.2 Å². The van der Waals surface area contributed by atoms with Gasteiger partial charge < -0.3 is 10.6 Å². The normalized spacial score (nSPS) is 21.0. The van der Waals surface area contributed by atoms with Crippen LogP contribution in [0.25, 0.3) is 0 Å². The molecule has 21 heavy (non-hydrogen) atoms. The first-order valence-electron chi connectivity index (χ1n) is 7.69. The lowest BCUT2D eigenvalue weighted by Crippen LogP contribution is -2.41. The highest BCUT2D eigenvalue weighted by atomic mass is 16.2. The van der Waals surface area contributed by atoms with Crippen LogP contribution < -0.4 is 5.73 Å². The molecule has 2 N–H and O–H groups in total. The van der Waals surface area contributed by atoms with Crippen molar-refractivity contribution < 1.29 is 4.79 Å². The van der Waals surface area contributed by atoms with Gasteiger partial charge in [-0.05, 0) is 37.0 Å². The zero-order chi connectivity index (χ0) is 15.2. The van der Waals surface area contributed by atoms with Gasteiger partial charge in [0.05, 0.1) is 17.6 Å². The van der Waals surface area contributed by atoms with E-state index in [9.17, 15) is 4.79 Å². The van der Waals surface area contributed by atoms with Crippen molar-refractivity contribution in [1.29, 1.82) is 5.26 Å². The van der Waals surface area contributed by atoms with Crippen LogP contribution in [-0.4, -0.2) is 23.4 Å². The van der Waals surface area contributed by atoms with Gasteiger partial charge >= 0.3 is 0 Å². The molecule has 4 nitrogen and oxygen atoms in total. The minimum absolute atomic E-state index is 0.0119. The van der Waals surface area contributed by atoms with Crippen molar-refractivity contribution in [3.63, 3.8) is 0 Å². The standard InChI is InChI=1S/C17H23N3O/c1-2-10-20(17(21)15-4-3-5-16(15)19)12-14-8-6-13(11-18)7-9-14/h6-9,15-16H,2-5,10,12,19H2,1H3. The van der Waals surface area contributed by atoms with E-state index in [-0.39, 0.29) is 17.9 Å². The van der Waals surface area contributed by atoms with Gasteiger partial charge in [0.1, 0.15) is 0 Å². The van der Waals surface area contributed by atoms with Crippen LogP contribution in [0.2, 0.25) is 0 Å². The molecule has 1 aromatic carbocycles. The zero-order valence-corrected chi connectivity index (χ0v) is 12.6. The fourth-order valence-corrected chi connectivity index (χ4v) is 2.97. The number of nitrogens with zero attached hydrogens (tertiary/aromatic N) is 2. The molecular weight excluding hydrogens is 262 g/mol. The summed E-state index contributed by atoms with van der Waals surface area (Å²) in [7, 11) is 0. The molecule has 0 aromatic heterocycles. The molecule has 4 heteroatoms. The number of nitrogens with two attached hydrogens (primary N) is 1. The molecule has 1 fully saturated rings. The minimum atomic E-state index is -0.0186. The van der Waals surface area contributed by atoms with E-state index in [2.05, 4.69) is 13.0 Å². The molecular formula is C17H23N3O. The van der Waals surface area contributed by atoms with Crippen molar-refractivity contribution in [3.8, 4) is 6.07 Å². The fraction of sp³-hybridized carbons (Fsp3) is 0.529. The molecule has 1 amide bonds. The molecule has 0 saturated heterocycles. The molecule has 1 aliphatic carbocycles. The maximum absolute atomic E-state index is 12.7. The van der Waals surface area contributed by atoms with Crippen LogP contribution in [0.1, 0.15) is 43.7 Å². The average Bonchev–Trinajstić information content (AvgIpc) is 2.93. The van der Waals surface area contributed by atoms with E-state index in [1.807, 2.05) is 17.0 Å². The lowest BCUT2D eigenvalue weighted by molar-refractivity contribution is -0.136. The molecule has 1 aliphatic rings. The molecule has 0 radical (unpaired) electrons. The summed E-state index contributed by atoms with van der Waals surface area (Å²) >= 11 is 0. The Hall–Kier alpha value is -1.86. The summed E-state index contributed by atoms with van der Waals surface area (Å²) in [5, 5.41) is 8.83. The zero-order valence-electron chi connectivity index (χ0n) is 12.6. The van der Waals surface area contributed by atoms with E-state index in [0.29, 0.717) is 12.1 Å². The maximum Gasteiger partial charge on any atom is 0.227 e. The summed E-state index contributed by atoms with van der Waals surface area (Å²) in [6.45, 7) is 3.43. The lowest BCUT2D eigenvalue weighted by Gasteiger charge is -2.27. The van der Waals surface area contributed by atoms with Crippen LogP contribution in [0, 0.1) is 17.2 Å². The monoisotopic (exact) mass is 285 g/mol. The number of amides is 1. The van der Waals surface area contributed by atoms with E-state index < -0.39 is 0 Å². The largest absolute Gasteiger partial charge is 0.338 e. The first-order chi connectivity index (χ1) is 10.2. The van der Waals surface area contributed by atoms with Crippen molar-refractivity contribution in [3.05, 3.63) is 35.4 Å². The van der Waals surface area contributed by atoms with Crippen molar-refractivity contribution >= 4 is 5.91 Å². The topological polar surface area (TPSA) is 70.1 Å². The van der Waals surface area contributed by atoms with Gasteiger partial charge in [-0.3, -0.25) is 4.79 Å². The molecule has 0 heterocycles. The Morgan fingerprint density at radius 3 is 2.62 bits per heavy atom. The summed E-state index contributed by atoms with van der Waals surface area (Å²) < 4.78 is 0. The summed E-state index contributed by atoms with van der Waals surface area (Å²) in [6, 6.07) is 9.55. The van der Waals surface area contributed by atoms with Gasteiger partial charge in [0, 0.05) is 19.1 Å². The van der Waals surface area contributed by atoms with Crippen LogP contribution in [0.4, 0.5) is 0 Å². The van der Waals surface area contributed by atoms with Gasteiger partial charge in [-0.1, -0.05) is 25.5 Å². The van der Waals surface area contributed by atoms with Gasteiger partial charge in [-0.25, -0.2) is 0 Å². The molecule has 0 bridgehead atoms. The second-order valence-corrected chi connectivity index (χ2v) is 5.77. The number of rotatable bonds is 5. The van der Waals surface area contributed by atoms with Gasteiger partial charge in [-0.2, -0.15) is 5.26 Å². The van der Waals surface area contributed by atoms with E-state index in [4.69, 9.17) is 11.0 Å². The van der Waals surface area contributed by atoms with Crippen LogP contribution in [-0.2, 0) is 11.3 Å². The Balaban J connectivity index is 2.07. The number of carbonyl (C=O) groups is 1. The third kappa shape index (κ3) is 3.83. The number of nitriles is 1. The molecule has 1 aromatic rings. The highest BCUT2D eigenvalue weighted by molar-refractivity contribution is 5.80. The van der Waals surface area contributed by atoms with Crippen LogP contribution in [0.5, 0.6) is 0 Å². The molecule has 2 rings (SSSR count). The summed E-state index contributed by atoms with van der Waals surface area (Å²) in [5.74, 6) is 0.168. The van der Waals surface area contributed by atoms with Gasteiger partial charge in [0.15, 0.2) is 0 Å².